The second-order valence-electron chi connectivity index (χ2n) is 5.48. The van der Waals surface area contributed by atoms with Crippen LogP contribution in [-0.4, -0.2) is 19.7 Å². The second-order valence-corrected chi connectivity index (χ2v) is 5.48. The first-order valence-electron chi connectivity index (χ1n) is 7.68. The van der Waals surface area contributed by atoms with E-state index in [-0.39, 0.29) is 0 Å². The van der Waals surface area contributed by atoms with Gasteiger partial charge in [0.2, 0.25) is 0 Å². The van der Waals surface area contributed by atoms with Gasteiger partial charge in [-0.3, -0.25) is 0 Å². The molecular formula is C19H25NO. The molecule has 0 amide bonds. The van der Waals surface area contributed by atoms with Crippen molar-refractivity contribution in [3.05, 3.63) is 65.7 Å². The van der Waals surface area contributed by atoms with E-state index < -0.39 is 0 Å². The van der Waals surface area contributed by atoms with Gasteiger partial charge in [-0.2, -0.15) is 0 Å². The maximum atomic E-state index is 5.17. The molecule has 2 rings (SSSR count). The van der Waals surface area contributed by atoms with Crippen LogP contribution in [0.3, 0.4) is 0 Å². The second kappa shape index (κ2) is 8.48. The molecule has 2 nitrogen and oxygen atoms in total. The van der Waals surface area contributed by atoms with Crippen LogP contribution in [0.4, 0.5) is 0 Å². The molecule has 0 aromatic heterocycles. The largest absolute Gasteiger partial charge is 0.497 e. The number of aryl methyl sites for hydroxylation is 1. The number of hydrogen-bond donors (Lipinski definition) is 1. The van der Waals surface area contributed by atoms with Crippen LogP contribution in [0.1, 0.15) is 24.5 Å². The van der Waals surface area contributed by atoms with E-state index in [2.05, 4.69) is 54.7 Å². The van der Waals surface area contributed by atoms with Crippen LogP contribution >= 0.6 is 0 Å². The number of benzene rings is 2. The van der Waals surface area contributed by atoms with Crippen molar-refractivity contribution in [2.45, 2.75) is 32.2 Å². The molecule has 21 heavy (non-hydrogen) atoms. The Kier molecular flexibility index (Phi) is 6.29. The molecule has 0 heterocycles. The third kappa shape index (κ3) is 5.60. The molecule has 1 N–H and O–H groups in total. The molecule has 0 aliphatic carbocycles. The summed E-state index contributed by atoms with van der Waals surface area (Å²) in [5.74, 6) is 0.919. The molecule has 2 heteroatoms. The van der Waals surface area contributed by atoms with E-state index in [1.54, 1.807) is 7.11 Å². The number of ether oxygens (including phenoxy) is 1. The SMILES string of the molecule is COc1ccc(CCNC(C)CCc2ccccc2)cc1. The molecule has 1 atom stereocenters. The van der Waals surface area contributed by atoms with Crippen molar-refractivity contribution in [2.75, 3.05) is 13.7 Å². The van der Waals surface area contributed by atoms with E-state index >= 15 is 0 Å². The maximum absolute atomic E-state index is 5.17. The van der Waals surface area contributed by atoms with Crippen molar-refractivity contribution < 1.29 is 4.74 Å². The number of nitrogens with one attached hydrogen (secondary N) is 1. The highest BCUT2D eigenvalue weighted by molar-refractivity contribution is 5.27. The Labute approximate surface area is 128 Å². The smallest absolute Gasteiger partial charge is 0.118 e. The van der Waals surface area contributed by atoms with Crippen molar-refractivity contribution in [3.63, 3.8) is 0 Å². The summed E-state index contributed by atoms with van der Waals surface area (Å²) in [7, 11) is 1.70. The Balaban J connectivity index is 1.65. The average molecular weight is 283 g/mol. The van der Waals surface area contributed by atoms with E-state index in [9.17, 15) is 0 Å². The summed E-state index contributed by atoms with van der Waals surface area (Å²) in [6.07, 6.45) is 3.36. The van der Waals surface area contributed by atoms with Gasteiger partial charge in [-0.25, -0.2) is 0 Å². The quantitative estimate of drug-likeness (QED) is 0.794. The lowest BCUT2D eigenvalue weighted by Gasteiger charge is -2.14. The fourth-order valence-electron chi connectivity index (χ4n) is 2.39. The average Bonchev–Trinajstić information content (AvgIpc) is 2.54. The molecule has 0 aliphatic heterocycles. The molecule has 0 saturated carbocycles. The van der Waals surface area contributed by atoms with Crippen molar-refractivity contribution in [3.8, 4) is 5.75 Å². The standard InChI is InChI=1S/C19H25NO/c1-16(8-9-17-6-4-3-5-7-17)20-15-14-18-10-12-19(21-2)13-11-18/h3-7,10-13,16,20H,8-9,14-15H2,1-2H3. The van der Waals surface area contributed by atoms with Gasteiger partial charge in [0, 0.05) is 6.04 Å². The molecule has 0 saturated heterocycles. The monoisotopic (exact) mass is 283 g/mol. The van der Waals surface area contributed by atoms with Crippen LogP contribution in [-0.2, 0) is 12.8 Å². The van der Waals surface area contributed by atoms with Gasteiger partial charge >= 0.3 is 0 Å². The van der Waals surface area contributed by atoms with Crippen LogP contribution in [0.5, 0.6) is 5.75 Å². The van der Waals surface area contributed by atoms with E-state index in [1.165, 1.54) is 17.5 Å². The van der Waals surface area contributed by atoms with Crippen LogP contribution in [0.2, 0.25) is 0 Å². The third-order valence-electron chi connectivity index (χ3n) is 3.77. The molecule has 0 bridgehead atoms. The third-order valence-corrected chi connectivity index (χ3v) is 3.77. The predicted octanol–water partition coefficient (Wildman–Crippen LogP) is 3.85. The molecule has 112 valence electrons. The number of methoxy groups -OCH3 is 1. The van der Waals surface area contributed by atoms with E-state index in [1.807, 2.05) is 12.1 Å². The molecule has 2 aromatic rings. The lowest BCUT2D eigenvalue weighted by Crippen LogP contribution is -2.28. The van der Waals surface area contributed by atoms with Gasteiger partial charge < -0.3 is 10.1 Å². The van der Waals surface area contributed by atoms with E-state index in [0.29, 0.717) is 6.04 Å². The molecule has 0 radical (unpaired) electrons. The zero-order chi connectivity index (χ0) is 14.9. The van der Waals surface area contributed by atoms with Crippen molar-refractivity contribution in [1.82, 2.24) is 5.32 Å². The Morgan fingerprint density at radius 2 is 1.57 bits per heavy atom. The van der Waals surface area contributed by atoms with Crippen LogP contribution in [0.25, 0.3) is 0 Å². The Hall–Kier alpha value is -1.80. The Morgan fingerprint density at radius 1 is 0.905 bits per heavy atom. The normalized spacial score (nSPS) is 12.1. The van der Waals surface area contributed by atoms with Gasteiger partial charge in [0.1, 0.15) is 5.75 Å². The zero-order valence-electron chi connectivity index (χ0n) is 13.0. The summed E-state index contributed by atoms with van der Waals surface area (Å²) in [4.78, 5) is 0. The van der Waals surface area contributed by atoms with Crippen molar-refractivity contribution in [2.24, 2.45) is 0 Å². The van der Waals surface area contributed by atoms with Crippen LogP contribution < -0.4 is 10.1 Å². The fourth-order valence-corrected chi connectivity index (χ4v) is 2.39. The van der Waals surface area contributed by atoms with Gasteiger partial charge in [0.05, 0.1) is 7.11 Å². The molecule has 1 unspecified atom stereocenters. The molecule has 0 aliphatic rings. The number of rotatable bonds is 8. The Bertz CT molecular complexity index is 507. The molecule has 2 aromatic carbocycles. The summed E-state index contributed by atoms with van der Waals surface area (Å²) >= 11 is 0. The van der Waals surface area contributed by atoms with Gasteiger partial charge in [-0.1, -0.05) is 42.5 Å². The van der Waals surface area contributed by atoms with Gasteiger partial charge in [-0.05, 0) is 56.0 Å². The summed E-state index contributed by atoms with van der Waals surface area (Å²) in [6.45, 7) is 3.28. The maximum Gasteiger partial charge on any atom is 0.118 e. The van der Waals surface area contributed by atoms with E-state index in [4.69, 9.17) is 4.74 Å². The first kappa shape index (κ1) is 15.6. The summed E-state index contributed by atoms with van der Waals surface area (Å²) < 4.78 is 5.17. The fraction of sp³-hybridized carbons (Fsp3) is 0.368. The van der Waals surface area contributed by atoms with Crippen molar-refractivity contribution >= 4 is 0 Å². The van der Waals surface area contributed by atoms with Crippen LogP contribution in [0, 0.1) is 0 Å². The molecule has 0 fully saturated rings. The lowest BCUT2D eigenvalue weighted by atomic mass is 10.1. The molecular weight excluding hydrogens is 258 g/mol. The highest BCUT2D eigenvalue weighted by Gasteiger charge is 2.02. The minimum atomic E-state index is 0.545. The minimum absolute atomic E-state index is 0.545. The summed E-state index contributed by atoms with van der Waals surface area (Å²) in [5, 5.41) is 3.60. The lowest BCUT2D eigenvalue weighted by molar-refractivity contribution is 0.414. The highest BCUT2D eigenvalue weighted by Crippen LogP contribution is 2.11. The Morgan fingerprint density at radius 3 is 2.24 bits per heavy atom. The van der Waals surface area contributed by atoms with Crippen molar-refractivity contribution in [1.29, 1.82) is 0 Å². The van der Waals surface area contributed by atoms with Gasteiger partial charge in [0.15, 0.2) is 0 Å². The van der Waals surface area contributed by atoms with Gasteiger partial charge in [0.25, 0.3) is 0 Å². The summed E-state index contributed by atoms with van der Waals surface area (Å²) in [6, 6.07) is 19.5. The van der Waals surface area contributed by atoms with Gasteiger partial charge in [-0.15, -0.1) is 0 Å². The highest BCUT2D eigenvalue weighted by atomic mass is 16.5. The molecule has 0 spiro atoms. The first-order chi connectivity index (χ1) is 10.3. The number of hydrogen-bond acceptors (Lipinski definition) is 2. The minimum Gasteiger partial charge on any atom is -0.497 e. The van der Waals surface area contributed by atoms with Crippen LogP contribution in [0.15, 0.2) is 54.6 Å². The first-order valence-corrected chi connectivity index (χ1v) is 7.68. The topological polar surface area (TPSA) is 21.3 Å². The van der Waals surface area contributed by atoms with E-state index in [0.717, 1.165) is 25.1 Å². The predicted molar refractivity (Wildman–Crippen MR) is 88.9 cm³/mol. The summed E-state index contributed by atoms with van der Waals surface area (Å²) in [5.41, 5.74) is 2.76. The zero-order valence-corrected chi connectivity index (χ0v) is 13.0.